The Bertz CT molecular complexity index is 1370. The number of halogens is 3. The van der Waals surface area contributed by atoms with E-state index in [1.807, 2.05) is 12.2 Å². The number of hydrogen-bond acceptors (Lipinski definition) is 6. The predicted molar refractivity (Wildman–Crippen MR) is 160 cm³/mol. The van der Waals surface area contributed by atoms with Gasteiger partial charge in [-0.05, 0) is 80.9 Å². The second kappa shape index (κ2) is 13.2. The first-order valence-electron chi connectivity index (χ1n) is 14.5. The molecular weight excluding hydrogens is 565 g/mol. The summed E-state index contributed by atoms with van der Waals surface area (Å²) < 4.78 is 66.1. The lowest BCUT2D eigenvalue weighted by Gasteiger charge is -2.40. The number of nitrogens with zero attached hydrogens (tertiary/aromatic N) is 2. The first kappa shape index (κ1) is 32.1. The molecule has 1 aromatic carbocycles. The van der Waals surface area contributed by atoms with Crippen molar-refractivity contribution in [3.8, 4) is 5.75 Å². The SMILES string of the molecule is CC(C)N1CCN(C2=CC=C(/C(=C(/CCCO)C3(C)C=CC=CC3)c3ccc(OS(=O)(=O)C(F)(F)F)cc3)CC2)CC1. The highest BCUT2D eigenvalue weighted by atomic mass is 32.2. The van der Waals surface area contributed by atoms with Crippen molar-refractivity contribution >= 4 is 15.7 Å². The molecule has 6 nitrogen and oxygen atoms in total. The van der Waals surface area contributed by atoms with Crippen LogP contribution in [0.3, 0.4) is 0 Å². The van der Waals surface area contributed by atoms with Crippen LogP contribution in [0.2, 0.25) is 0 Å². The quantitative estimate of drug-likeness (QED) is 0.239. The minimum absolute atomic E-state index is 0.0277. The van der Waals surface area contributed by atoms with E-state index in [4.69, 9.17) is 0 Å². The van der Waals surface area contributed by atoms with E-state index in [0.717, 1.165) is 67.7 Å². The molecule has 1 atom stereocenters. The summed E-state index contributed by atoms with van der Waals surface area (Å²) in [5.74, 6) is -0.403. The standard InChI is InChI=1S/C32H41F3N2O4S/c1-24(2)36-19-21-37(22-20-36)27-13-9-25(10-14-27)30(29(8-7-23-38)31(3)17-5-4-6-18-31)26-11-15-28(16-12-26)41-42(39,40)32(33,34)35/h4-6,9,11-13,15-17,24,38H,7-8,10,14,18-23H2,1-3H3/b30-29+. The molecule has 0 aromatic heterocycles. The van der Waals surface area contributed by atoms with Crippen molar-refractivity contribution in [2.45, 2.75) is 64.4 Å². The van der Waals surface area contributed by atoms with Crippen LogP contribution in [0.4, 0.5) is 13.2 Å². The van der Waals surface area contributed by atoms with Gasteiger partial charge in [-0.25, -0.2) is 0 Å². The maximum absolute atomic E-state index is 12.9. The lowest BCUT2D eigenvalue weighted by molar-refractivity contribution is -0.0500. The number of benzene rings is 1. The maximum atomic E-state index is 12.9. The van der Waals surface area contributed by atoms with Gasteiger partial charge in [-0.15, -0.1) is 0 Å². The molecule has 3 aliphatic rings. The molecule has 0 saturated carbocycles. The van der Waals surface area contributed by atoms with E-state index in [1.165, 1.54) is 17.8 Å². The van der Waals surface area contributed by atoms with Crippen LogP contribution in [-0.4, -0.2) is 67.7 Å². The van der Waals surface area contributed by atoms with E-state index >= 15 is 0 Å². The Morgan fingerprint density at radius 2 is 1.74 bits per heavy atom. The lowest BCUT2D eigenvalue weighted by Crippen LogP contribution is -2.48. The van der Waals surface area contributed by atoms with Crippen molar-refractivity contribution in [3.05, 3.63) is 83.1 Å². The van der Waals surface area contributed by atoms with Gasteiger partial charge in [0.15, 0.2) is 0 Å². The Morgan fingerprint density at radius 1 is 1.05 bits per heavy atom. The number of allylic oxidation sites excluding steroid dienone is 10. The van der Waals surface area contributed by atoms with Gasteiger partial charge in [0.25, 0.3) is 0 Å². The fraction of sp³-hybridized carbons (Fsp3) is 0.500. The molecule has 1 N–H and O–H groups in total. The van der Waals surface area contributed by atoms with Crippen molar-refractivity contribution in [1.82, 2.24) is 9.80 Å². The summed E-state index contributed by atoms with van der Waals surface area (Å²) in [6.45, 7) is 10.6. The van der Waals surface area contributed by atoms with Gasteiger partial charge in [0.1, 0.15) is 5.75 Å². The summed E-state index contributed by atoms with van der Waals surface area (Å²) in [5, 5.41) is 9.75. The van der Waals surface area contributed by atoms with Gasteiger partial charge in [-0.3, -0.25) is 4.90 Å². The Hall–Kier alpha value is -2.82. The first-order chi connectivity index (χ1) is 19.8. The number of rotatable bonds is 10. The van der Waals surface area contributed by atoms with Crippen LogP contribution < -0.4 is 4.18 Å². The monoisotopic (exact) mass is 606 g/mol. The fourth-order valence-electron chi connectivity index (χ4n) is 5.93. The normalized spacial score (nSPS) is 22.6. The first-order valence-corrected chi connectivity index (χ1v) is 15.9. The van der Waals surface area contributed by atoms with Gasteiger partial charge in [0, 0.05) is 49.9 Å². The number of alkyl halides is 3. The molecule has 42 heavy (non-hydrogen) atoms. The Morgan fingerprint density at radius 3 is 2.26 bits per heavy atom. The molecule has 0 radical (unpaired) electrons. The third-order valence-electron chi connectivity index (χ3n) is 8.36. The zero-order valence-electron chi connectivity index (χ0n) is 24.5. The van der Waals surface area contributed by atoms with Gasteiger partial charge in [-0.2, -0.15) is 21.6 Å². The molecule has 0 amide bonds. The van der Waals surface area contributed by atoms with Crippen molar-refractivity contribution in [2.75, 3.05) is 32.8 Å². The third kappa shape index (κ3) is 7.38. The highest BCUT2D eigenvalue weighted by Crippen LogP contribution is 2.46. The van der Waals surface area contributed by atoms with Gasteiger partial charge in [-0.1, -0.05) is 55.0 Å². The number of aliphatic hydroxyl groups is 1. The van der Waals surface area contributed by atoms with Crippen LogP contribution in [0.5, 0.6) is 5.75 Å². The number of piperazine rings is 1. The Labute approximate surface area is 247 Å². The predicted octanol–water partition coefficient (Wildman–Crippen LogP) is 6.59. The average Bonchev–Trinajstić information content (AvgIpc) is 2.95. The Kier molecular flexibility index (Phi) is 10.1. The second-order valence-electron chi connectivity index (χ2n) is 11.6. The minimum atomic E-state index is -5.77. The molecule has 1 fully saturated rings. The highest BCUT2D eigenvalue weighted by Gasteiger charge is 2.48. The fourth-order valence-corrected chi connectivity index (χ4v) is 6.39. The molecule has 0 spiro atoms. The number of aliphatic hydroxyl groups excluding tert-OH is 1. The summed E-state index contributed by atoms with van der Waals surface area (Å²) in [6.07, 6.45) is 16.2. The average molecular weight is 607 g/mol. The molecule has 4 rings (SSSR count). The van der Waals surface area contributed by atoms with Gasteiger partial charge >= 0.3 is 15.6 Å². The third-order valence-corrected chi connectivity index (χ3v) is 9.34. The molecule has 230 valence electrons. The lowest BCUT2D eigenvalue weighted by atomic mass is 9.70. The molecule has 1 unspecified atom stereocenters. The van der Waals surface area contributed by atoms with E-state index in [2.05, 4.69) is 59.1 Å². The molecule has 2 aliphatic carbocycles. The van der Waals surface area contributed by atoms with Crippen molar-refractivity contribution in [1.29, 1.82) is 0 Å². The van der Waals surface area contributed by atoms with Crippen LogP contribution in [0.15, 0.2) is 77.6 Å². The number of hydrogen-bond donors (Lipinski definition) is 1. The van der Waals surface area contributed by atoms with E-state index in [0.29, 0.717) is 18.9 Å². The Balaban J connectivity index is 1.73. The zero-order chi connectivity index (χ0) is 30.5. The second-order valence-corrected chi connectivity index (χ2v) is 13.1. The molecule has 1 aromatic rings. The van der Waals surface area contributed by atoms with Crippen LogP contribution >= 0.6 is 0 Å². The maximum Gasteiger partial charge on any atom is 0.534 e. The van der Waals surface area contributed by atoms with Gasteiger partial charge in [0.05, 0.1) is 0 Å². The van der Waals surface area contributed by atoms with Crippen LogP contribution in [0.25, 0.3) is 5.57 Å². The molecule has 1 heterocycles. The summed E-state index contributed by atoms with van der Waals surface area (Å²) in [6, 6.07) is 6.29. The van der Waals surface area contributed by atoms with E-state index in [9.17, 15) is 26.7 Å². The molecule has 10 heteroatoms. The van der Waals surface area contributed by atoms with Gasteiger partial charge < -0.3 is 14.2 Å². The molecule has 1 saturated heterocycles. The van der Waals surface area contributed by atoms with Gasteiger partial charge in [0.2, 0.25) is 0 Å². The van der Waals surface area contributed by atoms with Crippen molar-refractivity contribution < 1.29 is 30.9 Å². The smallest absolute Gasteiger partial charge is 0.396 e. The zero-order valence-corrected chi connectivity index (χ0v) is 25.3. The molecule has 0 bridgehead atoms. The summed E-state index contributed by atoms with van der Waals surface area (Å²) >= 11 is 0. The van der Waals surface area contributed by atoms with E-state index in [-0.39, 0.29) is 12.0 Å². The van der Waals surface area contributed by atoms with Crippen LogP contribution in [-0.2, 0) is 10.1 Å². The largest absolute Gasteiger partial charge is 0.534 e. The summed E-state index contributed by atoms with van der Waals surface area (Å²) in [5.41, 5.74) is -0.566. The van der Waals surface area contributed by atoms with E-state index in [1.54, 1.807) is 12.1 Å². The summed E-state index contributed by atoms with van der Waals surface area (Å²) in [4.78, 5) is 4.93. The van der Waals surface area contributed by atoms with Crippen molar-refractivity contribution in [3.63, 3.8) is 0 Å². The molecule has 1 aliphatic heterocycles. The minimum Gasteiger partial charge on any atom is -0.396 e. The summed E-state index contributed by atoms with van der Waals surface area (Å²) in [7, 11) is -5.77. The molecular formula is C32H41F3N2O4S. The van der Waals surface area contributed by atoms with Crippen molar-refractivity contribution in [2.24, 2.45) is 5.41 Å². The van der Waals surface area contributed by atoms with Crippen LogP contribution in [0.1, 0.15) is 58.4 Å². The topological polar surface area (TPSA) is 70.1 Å². The highest BCUT2D eigenvalue weighted by molar-refractivity contribution is 7.88. The van der Waals surface area contributed by atoms with E-state index < -0.39 is 21.4 Å². The van der Waals surface area contributed by atoms with Crippen LogP contribution in [0, 0.1) is 5.41 Å².